The predicted octanol–water partition coefficient (Wildman–Crippen LogP) is -1.49. The van der Waals surface area contributed by atoms with Crippen molar-refractivity contribution in [2.75, 3.05) is 32.7 Å². The van der Waals surface area contributed by atoms with Crippen LogP contribution in [0.1, 0.15) is 12.2 Å². The molecule has 26 heavy (non-hydrogen) atoms. The molecule has 0 aliphatic carbocycles. The smallest absolute Gasteiger partial charge is 0.290 e. The Labute approximate surface area is 150 Å². The first-order valence-corrected chi connectivity index (χ1v) is 8.27. The molecule has 142 valence electrons. The molecule has 0 saturated carbocycles. The van der Waals surface area contributed by atoms with Crippen LogP contribution in [0.15, 0.2) is 12.7 Å². The van der Waals surface area contributed by atoms with Crippen molar-refractivity contribution >= 4 is 12.4 Å². The van der Waals surface area contributed by atoms with E-state index in [0.717, 1.165) is 51.5 Å². The number of hydrogen-bond donors (Lipinski definition) is 1. The maximum absolute atomic E-state index is 12.3. The number of rotatable bonds is 5. The van der Waals surface area contributed by atoms with E-state index >= 15 is 0 Å². The van der Waals surface area contributed by atoms with Crippen LogP contribution in [0.5, 0.6) is 0 Å². The molecular weight excluding hydrogens is 342 g/mol. The Morgan fingerprint density at radius 2 is 2.00 bits per heavy atom. The summed E-state index contributed by atoms with van der Waals surface area (Å²) >= 11 is 0. The summed E-state index contributed by atoms with van der Waals surface area (Å²) < 4.78 is 3.51. The summed E-state index contributed by atoms with van der Waals surface area (Å²) in [7, 11) is 0. The Balaban J connectivity index is 0.000000758. The van der Waals surface area contributed by atoms with Gasteiger partial charge in [-0.2, -0.15) is 0 Å². The largest absolute Gasteiger partial charge is 0.483 e. The topological polar surface area (TPSA) is 135 Å². The number of aromatic nitrogens is 7. The van der Waals surface area contributed by atoms with Gasteiger partial charge in [0.15, 0.2) is 0 Å². The summed E-state index contributed by atoms with van der Waals surface area (Å²) in [5, 5.41) is 25.6. The molecule has 1 saturated heterocycles. The van der Waals surface area contributed by atoms with Crippen LogP contribution in [-0.2, 0) is 22.7 Å². The Kier molecular flexibility index (Phi) is 7.61. The molecule has 0 radical (unpaired) electrons. The average molecular weight is 365 g/mol. The summed E-state index contributed by atoms with van der Waals surface area (Å²) in [6.07, 6.45) is 4.20. The van der Waals surface area contributed by atoms with E-state index in [2.05, 4.69) is 30.6 Å². The van der Waals surface area contributed by atoms with E-state index in [1.54, 1.807) is 6.33 Å². The van der Waals surface area contributed by atoms with Gasteiger partial charge in [0.2, 0.25) is 5.91 Å². The molecule has 1 fully saturated rings. The van der Waals surface area contributed by atoms with Crippen molar-refractivity contribution in [3.05, 3.63) is 18.5 Å². The summed E-state index contributed by atoms with van der Waals surface area (Å²) in [5.74, 6) is 0.992. The zero-order valence-electron chi connectivity index (χ0n) is 14.7. The third kappa shape index (κ3) is 5.88. The first-order valence-electron chi connectivity index (χ1n) is 8.27. The first-order chi connectivity index (χ1) is 12.6. The number of hydrogen-bond acceptors (Lipinski definition) is 8. The molecule has 12 nitrogen and oxygen atoms in total. The van der Waals surface area contributed by atoms with Crippen LogP contribution in [0, 0.1) is 6.92 Å². The van der Waals surface area contributed by atoms with Crippen molar-refractivity contribution in [1.29, 1.82) is 0 Å². The van der Waals surface area contributed by atoms with Crippen LogP contribution in [0.2, 0.25) is 0 Å². The molecule has 1 amide bonds. The van der Waals surface area contributed by atoms with Gasteiger partial charge in [0.1, 0.15) is 25.0 Å². The van der Waals surface area contributed by atoms with Crippen LogP contribution < -0.4 is 0 Å². The van der Waals surface area contributed by atoms with Gasteiger partial charge in [0.25, 0.3) is 6.47 Å². The molecule has 0 atom stereocenters. The van der Waals surface area contributed by atoms with Gasteiger partial charge in [0.05, 0.1) is 0 Å². The highest BCUT2D eigenvalue weighted by molar-refractivity contribution is 5.75. The number of carboxylic acid groups (broad SMARTS) is 1. The minimum Gasteiger partial charge on any atom is -0.483 e. The minimum absolute atomic E-state index is 0.0637. The summed E-state index contributed by atoms with van der Waals surface area (Å²) in [6, 6.07) is 0. The second kappa shape index (κ2) is 10.2. The van der Waals surface area contributed by atoms with Gasteiger partial charge in [-0.3, -0.25) is 14.5 Å². The number of aryl methyl sites for hydroxylation is 1. The van der Waals surface area contributed by atoms with Gasteiger partial charge in [-0.25, -0.2) is 4.68 Å². The van der Waals surface area contributed by atoms with Gasteiger partial charge < -0.3 is 14.6 Å². The molecule has 0 aromatic carbocycles. The zero-order chi connectivity index (χ0) is 18.8. The minimum atomic E-state index is -0.250. The van der Waals surface area contributed by atoms with Gasteiger partial charge in [-0.05, 0) is 30.3 Å². The van der Waals surface area contributed by atoms with E-state index in [1.807, 2.05) is 16.4 Å². The molecule has 1 aliphatic heterocycles. The van der Waals surface area contributed by atoms with E-state index in [9.17, 15) is 4.79 Å². The van der Waals surface area contributed by atoms with E-state index in [1.165, 1.54) is 11.0 Å². The highest BCUT2D eigenvalue weighted by Gasteiger charge is 2.19. The lowest BCUT2D eigenvalue weighted by atomic mass is 10.3. The fourth-order valence-electron chi connectivity index (χ4n) is 2.72. The van der Waals surface area contributed by atoms with Gasteiger partial charge >= 0.3 is 0 Å². The normalized spacial score (nSPS) is 15.0. The van der Waals surface area contributed by atoms with Gasteiger partial charge in [0, 0.05) is 32.7 Å². The predicted molar refractivity (Wildman–Crippen MR) is 88.9 cm³/mol. The number of nitrogens with zero attached hydrogens (tertiary/aromatic N) is 9. The molecule has 1 aliphatic rings. The SMILES string of the molecule is Cc1nncn1CCN1CCCN(C(=O)Cn2cnnn2)CC1.O=CO. The highest BCUT2D eigenvalue weighted by atomic mass is 16.3. The maximum atomic E-state index is 12.3. The number of carbonyl (C=O) groups is 2. The van der Waals surface area contributed by atoms with E-state index in [4.69, 9.17) is 9.90 Å². The lowest BCUT2D eigenvalue weighted by molar-refractivity contribution is -0.132. The molecule has 0 spiro atoms. The van der Waals surface area contributed by atoms with Crippen LogP contribution >= 0.6 is 0 Å². The Hall–Kier alpha value is -2.89. The summed E-state index contributed by atoms with van der Waals surface area (Å²) in [4.78, 5) is 24.9. The lowest BCUT2D eigenvalue weighted by Crippen LogP contribution is -2.37. The number of amides is 1. The molecule has 1 N–H and O–H groups in total. The first kappa shape index (κ1) is 19.4. The second-order valence-electron chi connectivity index (χ2n) is 5.76. The van der Waals surface area contributed by atoms with Crippen molar-refractivity contribution in [3.63, 3.8) is 0 Å². The number of carbonyl (C=O) groups excluding carboxylic acids is 1. The molecule has 0 bridgehead atoms. The Morgan fingerprint density at radius 1 is 1.19 bits per heavy atom. The molecule has 0 unspecified atom stereocenters. The van der Waals surface area contributed by atoms with Crippen LogP contribution in [-0.4, -0.2) is 95.0 Å². The van der Waals surface area contributed by atoms with Crippen molar-refractivity contribution in [2.45, 2.75) is 26.4 Å². The van der Waals surface area contributed by atoms with Crippen LogP contribution in [0.4, 0.5) is 0 Å². The molecule has 3 rings (SSSR count). The third-order valence-corrected chi connectivity index (χ3v) is 4.10. The van der Waals surface area contributed by atoms with Crippen molar-refractivity contribution in [3.8, 4) is 0 Å². The van der Waals surface area contributed by atoms with Crippen molar-refractivity contribution in [2.24, 2.45) is 0 Å². The van der Waals surface area contributed by atoms with Gasteiger partial charge in [-0.15, -0.1) is 15.3 Å². The van der Waals surface area contributed by atoms with E-state index in [-0.39, 0.29) is 18.9 Å². The molecule has 12 heteroatoms. The average Bonchev–Trinajstić information content (AvgIpc) is 3.20. The molecule has 3 heterocycles. The second-order valence-corrected chi connectivity index (χ2v) is 5.76. The third-order valence-electron chi connectivity index (χ3n) is 4.10. The summed E-state index contributed by atoms with van der Waals surface area (Å²) in [5.41, 5.74) is 0. The summed E-state index contributed by atoms with van der Waals surface area (Å²) in [6.45, 7) is 7.11. The molecule has 2 aromatic rings. The van der Waals surface area contributed by atoms with Crippen LogP contribution in [0.3, 0.4) is 0 Å². The van der Waals surface area contributed by atoms with Gasteiger partial charge in [-0.1, -0.05) is 0 Å². The fourth-order valence-corrected chi connectivity index (χ4v) is 2.72. The Morgan fingerprint density at radius 3 is 2.65 bits per heavy atom. The maximum Gasteiger partial charge on any atom is 0.290 e. The lowest BCUT2D eigenvalue weighted by Gasteiger charge is -2.22. The highest BCUT2D eigenvalue weighted by Crippen LogP contribution is 2.05. The monoisotopic (exact) mass is 365 g/mol. The fraction of sp³-hybridized carbons (Fsp3) is 0.643. The van der Waals surface area contributed by atoms with E-state index < -0.39 is 0 Å². The van der Waals surface area contributed by atoms with Crippen molar-refractivity contribution in [1.82, 2.24) is 44.8 Å². The number of tetrazole rings is 1. The van der Waals surface area contributed by atoms with Crippen molar-refractivity contribution < 1.29 is 14.7 Å². The molecular formula is C14H23N9O3. The van der Waals surface area contributed by atoms with Crippen LogP contribution in [0.25, 0.3) is 0 Å². The zero-order valence-corrected chi connectivity index (χ0v) is 14.7. The quantitative estimate of drug-likeness (QED) is 0.628. The Bertz CT molecular complexity index is 673. The standard InChI is InChI=1S/C13H21N9O.CH2O2/c1-12-16-14-10-21(12)8-6-19-3-2-4-20(7-5-19)13(23)9-22-11-15-17-18-22;2-1-3/h10-11H,2-9H2,1H3;1H,(H,2,3). The molecule has 2 aromatic heterocycles. The van der Waals surface area contributed by atoms with E-state index in [0.29, 0.717) is 0 Å².